The average Bonchev–Trinajstić information content (AvgIpc) is 2.73. The molecule has 2 rings (SSSR count). The Labute approximate surface area is 201 Å². The number of aryl methyl sites for hydroxylation is 2. The lowest BCUT2D eigenvalue weighted by atomic mass is 10.1. The van der Waals surface area contributed by atoms with Gasteiger partial charge in [-0.25, -0.2) is 0 Å². The van der Waals surface area contributed by atoms with Crippen LogP contribution in [0.15, 0.2) is 45.3 Å². The molecule has 0 bridgehead atoms. The average molecular weight is 554 g/mol. The van der Waals surface area contributed by atoms with Crippen LogP contribution in [0.4, 0.5) is 0 Å². The summed E-state index contributed by atoms with van der Waals surface area (Å²) in [6.45, 7) is 9.84. The third kappa shape index (κ3) is 7.35. The fourth-order valence-corrected chi connectivity index (χ4v) is 3.77. The Morgan fingerprint density at radius 3 is 2.32 bits per heavy atom. The van der Waals surface area contributed by atoms with Crippen LogP contribution in [0, 0.1) is 13.8 Å². The molecule has 0 aliphatic heterocycles. The second kappa shape index (κ2) is 11.7. The molecule has 0 radical (unpaired) electrons. The molecule has 1 N–H and O–H groups in total. The molecule has 7 heteroatoms. The van der Waals surface area contributed by atoms with Crippen molar-refractivity contribution in [3.8, 4) is 5.75 Å². The zero-order valence-electron chi connectivity index (χ0n) is 18.7. The molecule has 0 unspecified atom stereocenters. The van der Waals surface area contributed by atoms with E-state index in [4.69, 9.17) is 4.74 Å². The SMILES string of the molecule is CC[C@H](C)NC(=O)[C@@H](C)N(Cc1cccc(Br)c1)C(=O)COc1cc(C)c(Br)c(C)c1. The van der Waals surface area contributed by atoms with Crippen molar-refractivity contribution in [3.05, 3.63) is 62.0 Å². The van der Waals surface area contributed by atoms with Gasteiger partial charge in [-0.3, -0.25) is 9.59 Å². The Bertz CT molecular complexity index is 910. The number of nitrogens with one attached hydrogen (secondary N) is 1. The number of hydrogen-bond donors (Lipinski definition) is 1. The highest BCUT2D eigenvalue weighted by molar-refractivity contribution is 9.10. The quantitative estimate of drug-likeness (QED) is 0.443. The molecule has 2 aromatic rings. The fraction of sp³-hybridized carbons (Fsp3) is 0.417. The summed E-state index contributed by atoms with van der Waals surface area (Å²) in [7, 11) is 0. The van der Waals surface area contributed by atoms with Crippen molar-refractivity contribution in [2.75, 3.05) is 6.61 Å². The summed E-state index contributed by atoms with van der Waals surface area (Å²) < 4.78 is 7.75. The summed E-state index contributed by atoms with van der Waals surface area (Å²) >= 11 is 7.01. The van der Waals surface area contributed by atoms with Crippen molar-refractivity contribution in [2.24, 2.45) is 0 Å². The molecule has 0 spiro atoms. The van der Waals surface area contributed by atoms with Gasteiger partial charge in [-0.15, -0.1) is 0 Å². The minimum Gasteiger partial charge on any atom is -0.484 e. The predicted molar refractivity (Wildman–Crippen MR) is 131 cm³/mol. The maximum atomic E-state index is 13.1. The summed E-state index contributed by atoms with van der Waals surface area (Å²) in [5.41, 5.74) is 3.01. The molecule has 2 aromatic carbocycles. The largest absolute Gasteiger partial charge is 0.484 e. The molecule has 0 saturated carbocycles. The lowest BCUT2D eigenvalue weighted by Crippen LogP contribution is -2.50. The number of halogens is 2. The topological polar surface area (TPSA) is 58.6 Å². The molecule has 0 heterocycles. The van der Waals surface area contributed by atoms with Crippen LogP contribution < -0.4 is 10.1 Å². The van der Waals surface area contributed by atoms with E-state index < -0.39 is 6.04 Å². The van der Waals surface area contributed by atoms with Gasteiger partial charge in [0.1, 0.15) is 11.8 Å². The zero-order chi connectivity index (χ0) is 23.1. The second-order valence-corrected chi connectivity index (χ2v) is 9.51. The van der Waals surface area contributed by atoms with E-state index >= 15 is 0 Å². The van der Waals surface area contributed by atoms with Crippen LogP contribution in [0.2, 0.25) is 0 Å². The molecule has 0 saturated heterocycles. The van der Waals surface area contributed by atoms with Gasteiger partial charge in [-0.2, -0.15) is 0 Å². The van der Waals surface area contributed by atoms with Gasteiger partial charge in [0.05, 0.1) is 0 Å². The van der Waals surface area contributed by atoms with E-state index in [1.54, 1.807) is 11.8 Å². The van der Waals surface area contributed by atoms with Crippen molar-refractivity contribution in [1.82, 2.24) is 10.2 Å². The smallest absolute Gasteiger partial charge is 0.261 e. The van der Waals surface area contributed by atoms with Crippen LogP contribution in [0.25, 0.3) is 0 Å². The maximum absolute atomic E-state index is 13.1. The lowest BCUT2D eigenvalue weighted by Gasteiger charge is -2.29. The molecule has 2 amide bonds. The van der Waals surface area contributed by atoms with Crippen molar-refractivity contribution < 1.29 is 14.3 Å². The Balaban J connectivity index is 2.19. The van der Waals surface area contributed by atoms with E-state index in [1.165, 1.54) is 0 Å². The molecule has 168 valence electrons. The molecular formula is C24H30Br2N2O3. The van der Waals surface area contributed by atoms with E-state index in [0.29, 0.717) is 12.3 Å². The lowest BCUT2D eigenvalue weighted by molar-refractivity contribution is -0.142. The van der Waals surface area contributed by atoms with Crippen molar-refractivity contribution in [3.63, 3.8) is 0 Å². The van der Waals surface area contributed by atoms with E-state index in [0.717, 1.165) is 32.1 Å². The number of nitrogens with zero attached hydrogens (tertiary/aromatic N) is 1. The number of amides is 2. The third-order valence-corrected chi connectivity index (χ3v) is 6.93. The number of benzene rings is 2. The highest BCUT2D eigenvalue weighted by Crippen LogP contribution is 2.26. The van der Waals surface area contributed by atoms with Gasteiger partial charge in [0.2, 0.25) is 5.91 Å². The number of carbonyl (C=O) groups excluding carboxylic acids is 2. The van der Waals surface area contributed by atoms with Crippen LogP contribution >= 0.6 is 31.9 Å². The number of rotatable bonds is 9. The number of carbonyl (C=O) groups is 2. The second-order valence-electron chi connectivity index (χ2n) is 7.81. The monoisotopic (exact) mass is 552 g/mol. The van der Waals surface area contributed by atoms with Crippen LogP contribution in [-0.2, 0) is 16.1 Å². The summed E-state index contributed by atoms with van der Waals surface area (Å²) in [6.07, 6.45) is 0.823. The predicted octanol–water partition coefficient (Wildman–Crippen LogP) is 5.54. The van der Waals surface area contributed by atoms with Crippen LogP contribution in [0.1, 0.15) is 43.9 Å². The highest BCUT2D eigenvalue weighted by Gasteiger charge is 2.27. The molecule has 0 aliphatic carbocycles. The Morgan fingerprint density at radius 1 is 1.10 bits per heavy atom. The normalized spacial score (nSPS) is 12.7. The molecule has 2 atom stereocenters. The Kier molecular flexibility index (Phi) is 9.56. The van der Waals surface area contributed by atoms with Crippen LogP contribution in [0.5, 0.6) is 5.75 Å². The van der Waals surface area contributed by atoms with Gasteiger partial charge >= 0.3 is 0 Å². The first-order valence-electron chi connectivity index (χ1n) is 10.4. The van der Waals surface area contributed by atoms with E-state index in [-0.39, 0.29) is 24.5 Å². The van der Waals surface area contributed by atoms with Crippen LogP contribution in [0.3, 0.4) is 0 Å². The van der Waals surface area contributed by atoms with Gasteiger partial charge in [0.15, 0.2) is 6.61 Å². The first-order valence-corrected chi connectivity index (χ1v) is 11.9. The zero-order valence-corrected chi connectivity index (χ0v) is 21.8. The van der Waals surface area contributed by atoms with Gasteiger partial charge < -0.3 is 15.0 Å². The summed E-state index contributed by atoms with van der Waals surface area (Å²) in [5, 5.41) is 2.97. The molecule has 31 heavy (non-hydrogen) atoms. The number of ether oxygens (including phenoxy) is 1. The minimum atomic E-state index is -0.627. The summed E-state index contributed by atoms with van der Waals surface area (Å²) in [4.78, 5) is 27.5. The maximum Gasteiger partial charge on any atom is 0.261 e. The first kappa shape index (κ1) is 25.4. The van der Waals surface area contributed by atoms with Gasteiger partial charge in [0.25, 0.3) is 5.91 Å². The molecule has 0 aliphatic rings. The van der Waals surface area contributed by atoms with Crippen molar-refractivity contribution >= 4 is 43.7 Å². The summed E-state index contributed by atoms with van der Waals surface area (Å²) in [6, 6.07) is 10.9. The van der Waals surface area contributed by atoms with Crippen molar-refractivity contribution in [1.29, 1.82) is 0 Å². The van der Waals surface area contributed by atoms with E-state index in [1.807, 2.05) is 64.1 Å². The van der Waals surface area contributed by atoms with E-state index in [2.05, 4.69) is 37.2 Å². The molecule has 0 fully saturated rings. The minimum absolute atomic E-state index is 0.0442. The first-order chi connectivity index (χ1) is 14.6. The van der Waals surface area contributed by atoms with Crippen LogP contribution in [-0.4, -0.2) is 35.4 Å². The van der Waals surface area contributed by atoms with Gasteiger partial charge in [-0.1, -0.05) is 50.9 Å². The Hall–Kier alpha value is -1.86. The van der Waals surface area contributed by atoms with Crippen molar-refractivity contribution in [2.45, 2.75) is 59.7 Å². The standard InChI is InChI=1S/C24H30Br2N2O3/c1-6-17(4)27-24(30)18(5)28(13-19-8-7-9-20(25)12-19)22(29)14-31-21-10-15(2)23(26)16(3)11-21/h7-12,17-18H,6,13-14H2,1-5H3,(H,27,30)/t17-,18+/m0/s1. The third-order valence-electron chi connectivity index (χ3n) is 5.18. The van der Waals surface area contributed by atoms with E-state index in [9.17, 15) is 9.59 Å². The molecular weight excluding hydrogens is 524 g/mol. The molecule has 0 aromatic heterocycles. The number of hydrogen-bond acceptors (Lipinski definition) is 3. The highest BCUT2D eigenvalue weighted by atomic mass is 79.9. The summed E-state index contributed by atoms with van der Waals surface area (Å²) in [5.74, 6) is 0.212. The van der Waals surface area contributed by atoms with Gasteiger partial charge in [-0.05, 0) is 75.1 Å². The Morgan fingerprint density at radius 2 is 1.74 bits per heavy atom. The fourth-order valence-electron chi connectivity index (χ4n) is 3.10. The molecule has 5 nitrogen and oxygen atoms in total. The van der Waals surface area contributed by atoms with Gasteiger partial charge in [0, 0.05) is 21.5 Å².